The van der Waals surface area contributed by atoms with E-state index in [0.29, 0.717) is 0 Å². The average molecular weight is 237 g/mol. The predicted octanol–water partition coefficient (Wildman–Crippen LogP) is 1.73. The zero-order valence-corrected chi connectivity index (χ0v) is 14.3. The molecule has 0 radical (unpaired) electrons. The van der Waals surface area contributed by atoms with Gasteiger partial charge in [-0.05, 0) is 46.2 Å². The lowest BCUT2D eigenvalue weighted by Gasteiger charge is -2.38. The summed E-state index contributed by atoms with van der Waals surface area (Å²) in [5.74, 6) is 0. The Morgan fingerprint density at radius 3 is 1.23 bits per heavy atom. The summed E-state index contributed by atoms with van der Waals surface area (Å²) in [6.07, 6.45) is 0. The van der Waals surface area contributed by atoms with Crippen LogP contribution in [0.1, 0.15) is 6.92 Å². The third-order valence-electron chi connectivity index (χ3n) is 1.10. The predicted molar refractivity (Wildman–Crippen MR) is 67.2 cm³/mol. The van der Waals surface area contributed by atoms with Gasteiger partial charge in [-0.25, -0.2) is 0 Å². The van der Waals surface area contributed by atoms with Crippen molar-refractivity contribution in [3.63, 3.8) is 0 Å². The molecule has 0 saturated carbocycles. The molecule has 13 heavy (non-hydrogen) atoms. The largest absolute Gasteiger partial charge is 0.396 e. The standard InChI is InChI=1S/C8H24O2Si3/c1-8(11,9-12(2,3)4)10-13(5,6)7/h1-7,11H3. The Balaban J connectivity index is 4.25. The van der Waals surface area contributed by atoms with Gasteiger partial charge >= 0.3 is 0 Å². The summed E-state index contributed by atoms with van der Waals surface area (Å²) >= 11 is 0. The minimum Gasteiger partial charge on any atom is -0.396 e. The van der Waals surface area contributed by atoms with E-state index in [-0.39, 0.29) is 5.41 Å². The Bertz CT molecular complexity index is 149. The highest BCUT2D eigenvalue weighted by molar-refractivity contribution is 6.71. The van der Waals surface area contributed by atoms with Gasteiger partial charge < -0.3 is 8.85 Å². The first-order chi connectivity index (χ1) is 5.41. The van der Waals surface area contributed by atoms with E-state index in [0.717, 1.165) is 10.2 Å². The first-order valence-corrected chi connectivity index (χ1v) is 12.6. The van der Waals surface area contributed by atoms with Crippen LogP contribution in [0.5, 0.6) is 0 Å². The summed E-state index contributed by atoms with van der Waals surface area (Å²) in [6.45, 7) is 15.3. The smallest absolute Gasteiger partial charge is 0.186 e. The molecule has 0 spiro atoms. The van der Waals surface area contributed by atoms with Crippen LogP contribution in [0.3, 0.4) is 0 Å². The van der Waals surface area contributed by atoms with E-state index in [1.165, 1.54) is 0 Å². The van der Waals surface area contributed by atoms with Gasteiger partial charge in [-0.3, -0.25) is 0 Å². The molecule has 5 heteroatoms. The third-order valence-corrected chi connectivity index (χ3v) is 4.54. The van der Waals surface area contributed by atoms with Crippen molar-refractivity contribution in [2.45, 2.75) is 51.6 Å². The SMILES string of the molecule is CC([SiH3])(O[Si](C)(C)C)O[Si](C)(C)C. The van der Waals surface area contributed by atoms with Gasteiger partial charge in [0.2, 0.25) is 0 Å². The van der Waals surface area contributed by atoms with Gasteiger partial charge in [0.1, 0.15) is 5.41 Å². The topological polar surface area (TPSA) is 18.5 Å². The fourth-order valence-corrected chi connectivity index (χ4v) is 8.29. The van der Waals surface area contributed by atoms with Crippen LogP contribution >= 0.6 is 0 Å². The number of hydrogen-bond acceptors (Lipinski definition) is 2. The monoisotopic (exact) mass is 236 g/mol. The Labute approximate surface area is 87.7 Å². The Morgan fingerprint density at radius 2 is 1.08 bits per heavy atom. The van der Waals surface area contributed by atoms with Crippen LogP contribution in [0.4, 0.5) is 0 Å². The van der Waals surface area contributed by atoms with Crippen molar-refractivity contribution >= 4 is 26.9 Å². The summed E-state index contributed by atoms with van der Waals surface area (Å²) in [5, 5.41) is 0. The third kappa shape index (κ3) is 8.89. The molecule has 2 nitrogen and oxygen atoms in total. The normalized spacial score (nSPS) is 15.0. The maximum Gasteiger partial charge on any atom is 0.186 e. The van der Waals surface area contributed by atoms with Crippen molar-refractivity contribution < 1.29 is 8.85 Å². The summed E-state index contributed by atoms with van der Waals surface area (Å²) in [4.78, 5) is 0. The van der Waals surface area contributed by atoms with Crippen molar-refractivity contribution in [2.75, 3.05) is 0 Å². The van der Waals surface area contributed by atoms with E-state index in [2.05, 4.69) is 46.2 Å². The van der Waals surface area contributed by atoms with E-state index in [1.54, 1.807) is 0 Å². The average Bonchev–Trinajstić information content (AvgIpc) is 1.43. The van der Waals surface area contributed by atoms with Gasteiger partial charge in [-0.2, -0.15) is 0 Å². The highest BCUT2D eigenvalue weighted by Gasteiger charge is 2.32. The maximum atomic E-state index is 6.01. The van der Waals surface area contributed by atoms with E-state index >= 15 is 0 Å². The number of rotatable bonds is 4. The molecule has 0 aromatic heterocycles. The Morgan fingerprint density at radius 1 is 0.846 bits per heavy atom. The van der Waals surface area contributed by atoms with E-state index in [4.69, 9.17) is 8.85 Å². The molecule has 0 bridgehead atoms. The molecule has 0 amide bonds. The minimum atomic E-state index is -1.46. The van der Waals surface area contributed by atoms with Crippen LogP contribution in [-0.4, -0.2) is 32.3 Å². The van der Waals surface area contributed by atoms with E-state index in [1.807, 2.05) is 0 Å². The van der Waals surface area contributed by atoms with E-state index < -0.39 is 16.6 Å². The molecule has 0 rings (SSSR count). The van der Waals surface area contributed by atoms with Gasteiger partial charge in [-0.1, -0.05) is 0 Å². The van der Waals surface area contributed by atoms with Gasteiger partial charge in [0.15, 0.2) is 16.6 Å². The molecule has 0 aliphatic rings. The molecule has 80 valence electrons. The van der Waals surface area contributed by atoms with E-state index in [9.17, 15) is 0 Å². The first kappa shape index (κ1) is 13.6. The molecule has 0 saturated heterocycles. The van der Waals surface area contributed by atoms with Crippen LogP contribution in [0.15, 0.2) is 0 Å². The molecular formula is C8H24O2Si3. The van der Waals surface area contributed by atoms with Crippen LogP contribution < -0.4 is 0 Å². The summed E-state index contributed by atoms with van der Waals surface area (Å²) in [6, 6.07) is 0. The van der Waals surface area contributed by atoms with Crippen molar-refractivity contribution in [1.82, 2.24) is 0 Å². The maximum absolute atomic E-state index is 6.01. The summed E-state index contributed by atoms with van der Waals surface area (Å²) < 4.78 is 12.0. The Kier molecular flexibility index (Phi) is 4.15. The van der Waals surface area contributed by atoms with Crippen LogP contribution in [-0.2, 0) is 8.85 Å². The second-order valence-electron chi connectivity index (χ2n) is 5.83. The molecular weight excluding hydrogens is 212 g/mol. The number of hydrogen-bond donors (Lipinski definition) is 0. The molecule has 0 heterocycles. The molecule has 0 fully saturated rings. The molecule has 0 aliphatic heterocycles. The first-order valence-electron chi connectivity index (χ1n) is 4.82. The molecule has 0 aliphatic carbocycles. The highest BCUT2D eigenvalue weighted by Crippen LogP contribution is 2.20. The zero-order valence-electron chi connectivity index (χ0n) is 10.3. The van der Waals surface area contributed by atoms with Crippen LogP contribution in [0.2, 0.25) is 39.3 Å². The highest BCUT2D eigenvalue weighted by atomic mass is 28.4. The van der Waals surface area contributed by atoms with Gasteiger partial charge in [-0.15, -0.1) is 0 Å². The minimum absolute atomic E-state index is 0.269. The van der Waals surface area contributed by atoms with Crippen molar-refractivity contribution in [3.8, 4) is 0 Å². The molecule has 0 aromatic carbocycles. The zero-order chi connectivity index (χ0) is 10.9. The second kappa shape index (κ2) is 3.98. The lowest BCUT2D eigenvalue weighted by Crippen LogP contribution is -2.48. The molecule has 0 N–H and O–H groups in total. The lowest BCUT2D eigenvalue weighted by atomic mass is 10.8. The molecule has 0 unspecified atom stereocenters. The van der Waals surface area contributed by atoms with Gasteiger partial charge in [0.05, 0.1) is 10.2 Å². The van der Waals surface area contributed by atoms with Gasteiger partial charge in [0.25, 0.3) is 0 Å². The molecule has 0 atom stereocenters. The fraction of sp³-hybridized carbons (Fsp3) is 1.00. The van der Waals surface area contributed by atoms with Crippen molar-refractivity contribution in [2.24, 2.45) is 0 Å². The summed E-state index contributed by atoms with van der Waals surface area (Å²) in [5.41, 5.74) is -0.269. The lowest BCUT2D eigenvalue weighted by molar-refractivity contribution is -0.0350. The fourth-order valence-electron chi connectivity index (χ4n) is 1.50. The van der Waals surface area contributed by atoms with Crippen LogP contribution in [0, 0.1) is 0 Å². The van der Waals surface area contributed by atoms with Crippen molar-refractivity contribution in [1.29, 1.82) is 0 Å². The molecule has 0 aromatic rings. The van der Waals surface area contributed by atoms with Crippen molar-refractivity contribution in [3.05, 3.63) is 0 Å². The van der Waals surface area contributed by atoms with Gasteiger partial charge in [0, 0.05) is 0 Å². The quantitative estimate of drug-likeness (QED) is 0.547. The second-order valence-corrected chi connectivity index (χ2v) is 16.5. The van der Waals surface area contributed by atoms with Crippen LogP contribution in [0.25, 0.3) is 0 Å². The Hall–Kier alpha value is 0.571. The summed E-state index contributed by atoms with van der Waals surface area (Å²) in [7, 11) is -1.99.